The van der Waals surface area contributed by atoms with Gasteiger partial charge >= 0.3 is 6.18 Å². The number of rotatable bonds is 7. The average molecular weight is 582 g/mol. The summed E-state index contributed by atoms with van der Waals surface area (Å²) in [6.45, 7) is -0.258. The van der Waals surface area contributed by atoms with Crippen molar-refractivity contribution in [3.05, 3.63) is 53.6 Å². The summed E-state index contributed by atoms with van der Waals surface area (Å²) in [4.78, 5) is 30.4. The molecule has 1 aromatic heterocycles. The number of carbonyl (C=O) groups is 2. The Morgan fingerprint density at radius 2 is 1.83 bits per heavy atom. The Hall–Kier alpha value is -2.34. The maximum atomic E-state index is 14.4. The van der Waals surface area contributed by atoms with Crippen molar-refractivity contribution in [2.75, 3.05) is 13.1 Å². The highest BCUT2D eigenvalue weighted by Gasteiger charge is 2.63. The van der Waals surface area contributed by atoms with Crippen molar-refractivity contribution in [2.24, 2.45) is 5.16 Å². The minimum atomic E-state index is -4.87. The third-order valence-corrected chi connectivity index (χ3v) is 8.40. The number of fused-ring (bicyclic) bond motifs is 1. The molecule has 1 aromatic carbocycles. The van der Waals surface area contributed by atoms with Crippen molar-refractivity contribution in [3.8, 4) is 0 Å². The molecule has 2 heterocycles. The SMILES string of the molecule is N=CCNC(=O)CNC(=O)c1sc(C2=NOC(c3cc(Cl)c(Cl)c(Cl)c3)(C(F)(F)F)C2)c2c1CCC2. The van der Waals surface area contributed by atoms with E-state index in [-0.39, 0.29) is 39.4 Å². The van der Waals surface area contributed by atoms with Crippen LogP contribution in [0, 0.1) is 5.41 Å². The summed E-state index contributed by atoms with van der Waals surface area (Å²) in [5.74, 6) is -0.976. The fourth-order valence-electron chi connectivity index (χ4n) is 4.17. The maximum Gasteiger partial charge on any atom is 0.435 e. The number of halogens is 6. The second-order valence-electron chi connectivity index (χ2n) is 8.15. The van der Waals surface area contributed by atoms with Crippen LogP contribution in [-0.4, -0.2) is 43.0 Å². The largest absolute Gasteiger partial charge is 0.435 e. The number of thiophene rings is 1. The van der Waals surface area contributed by atoms with Crippen LogP contribution in [0.3, 0.4) is 0 Å². The van der Waals surface area contributed by atoms with Crippen LogP contribution in [0.1, 0.15) is 44.1 Å². The number of alkyl halides is 3. The van der Waals surface area contributed by atoms with E-state index in [1.54, 1.807) is 0 Å². The minimum absolute atomic E-state index is 0.0398. The van der Waals surface area contributed by atoms with Gasteiger partial charge < -0.3 is 20.9 Å². The first kappa shape index (κ1) is 26.7. The van der Waals surface area contributed by atoms with Crippen molar-refractivity contribution in [2.45, 2.75) is 37.5 Å². The molecule has 4 rings (SSSR count). The van der Waals surface area contributed by atoms with Crippen LogP contribution < -0.4 is 10.6 Å². The fraction of sp³-hybridized carbons (Fsp3) is 0.364. The molecule has 36 heavy (non-hydrogen) atoms. The quantitative estimate of drug-likeness (QED) is 0.306. The summed E-state index contributed by atoms with van der Waals surface area (Å²) in [6, 6.07) is 2.12. The molecule has 2 amide bonds. The summed E-state index contributed by atoms with van der Waals surface area (Å²) in [6.07, 6.45) is -2.63. The van der Waals surface area contributed by atoms with E-state index in [1.807, 2.05) is 0 Å². The zero-order chi connectivity index (χ0) is 26.3. The molecule has 1 aliphatic carbocycles. The smallest absolute Gasteiger partial charge is 0.374 e. The molecule has 0 spiro atoms. The van der Waals surface area contributed by atoms with E-state index in [9.17, 15) is 22.8 Å². The lowest BCUT2D eigenvalue weighted by atomic mass is 9.87. The lowest BCUT2D eigenvalue weighted by Gasteiger charge is -2.29. The van der Waals surface area contributed by atoms with Gasteiger partial charge in [-0.25, -0.2) is 0 Å². The average Bonchev–Trinajstić information content (AvgIpc) is 3.54. The zero-order valence-corrected chi connectivity index (χ0v) is 21.4. The van der Waals surface area contributed by atoms with E-state index in [0.29, 0.717) is 22.6 Å². The molecule has 3 N–H and O–H groups in total. The van der Waals surface area contributed by atoms with Gasteiger partial charge in [-0.3, -0.25) is 9.59 Å². The van der Waals surface area contributed by atoms with Crippen LogP contribution in [0.4, 0.5) is 13.2 Å². The fourth-order valence-corrected chi connectivity index (χ4v) is 6.06. The van der Waals surface area contributed by atoms with E-state index in [4.69, 9.17) is 45.0 Å². The second-order valence-corrected chi connectivity index (χ2v) is 10.4. The van der Waals surface area contributed by atoms with Crippen molar-refractivity contribution >= 4 is 69.9 Å². The highest BCUT2D eigenvalue weighted by atomic mass is 35.5. The van der Waals surface area contributed by atoms with Gasteiger partial charge in [0.25, 0.3) is 11.5 Å². The Bertz CT molecular complexity index is 1260. The molecule has 1 unspecified atom stereocenters. The van der Waals surface area contributed by atoms with Crippen molar-refractivity contribution in [1.29, 1.82) is 5.41 Å². The predicted octanol–water partition coefficient (Wildman–Crippen LogP) is 5.27. The van der Waals surface area contributed by atoms with Crippen LogP contribution in [0.5, 0.6) is 0 Å². The van der Waals surface area contributed by atoms with Crippen molar-refractivity contribution in [3.63, 3.8) is 0 Å². The molecule has 1 aliphatic heterocycles. The van der Waals surface area contributed by atoms with Crippen LogP contribution in [-0.2, 0) is 28.1 Å². The van der Waals surface area contributed by atoms with Gasteiger partial charge in [0.15, 0.2) is 0 Å². The van der Waals surface area contributed by atoms with Gasteiger partial charge in [-0.2, -0.15) is 13.2 Å². The highest BCUT2D eigenvalue weighted by molar-refractivity contribution is 7.16. The molecular weight excluding hydrogens is 564 g/mol. The summed E-state index contributed by atoms with van der Waals surface area (Å²) >= 11 is 18.9. The van der Waals surface area contributed by atoms with Crippen LogP contribution in [0.25, 0.3) is 0 Å². The minimum Gasteiger partial charge on any atom is -0.374 e. The lowest BCUT2D eigenvalue weighted by Crippen LogP contribution is -2.42. The molecular formula is C22H18Cl3F3N4O3S. The van der Waals surface area contributed by atoms with Gasteiger partial charge in [0.1, 0.15) is 5.71 Å². The lowest BCUT2D eigenvalue weighted by molar-refractivity contribution is -0.275. The number of amides is 2. The van der Waals surface area contributed by atoms with E-state index in [2.05, 4.69) is 15.8 Å². The van der Waals surface area contributed by atoms with Crippen LogP contribution in [0.2, 0.25) is 15.1 Å². The number of benzene rings is 1. The van der Waals surface area contributed by atoms with E-state index in [1.165, 1.54) is 0 Å². The van der Waals surface area contributed by atoms with Gasteiger partial charge in [-0.15, -0.1) is 11.3 Å². The monoisotopic (exact) mass is 580 g/mol. The number of nitrogens with one attached hydrogen (secondary N) is 3. The Kier molecular flexibility index (Phi) is 7.57. The van der Waals surface area contributed by atoms with E-state index >= 15 is 0 Å². The number of nitrogens with zero attached hydrogens (tertiary/aromatic N) is 1. The normalized spacial score (nSPS) is 18.9. The van der Waals surface area contributed by atoms with Crippen LogP contribution in [0.15, 0.2) is 17.3 Å². The molecule has 0 bridgehead atoms. The molecule has 0 radical (unpaired) electrons. The number of hydrogen-bond donors (Lipinski definition) is 3. The highest BCUT2D eigenvalue weighted by Crippen LogP contribution is 2.51. The van der Waals surface area contributed by atoms with E-state index < -0.39 is 30.0 Å². The van der Waals surface area contributed by atoms with Gasteiger partial charge in [0.2, 0.25) is 5.91 Å². The first-order valence-corrected chi connectivity index (χ1v) is 12.6. The first-order valence-electron chi connectivity index (χ1n) is 10.6. The number of carbonyl (C=O) groups excluding carboxylic acids is 2. The van der Waals surface area contributed by atoms with Gasteiger partial charge in [0, 0.05) is 11.8 Å². The van der Waals surface area contributed by atoms with E-state index in [0.717, 1.165) is 47.2 Å². The topological polar surface area (TPSA) is 104 Å². The van der Waals surface area contributed by atoms with Crippen LogP contribution >= 0.6 is 46.1 Å². The zero-order valence-electron chi connectivity index (χ0n) is 18.3. The molecule has 0 fully saturated rings. The molecule has 192 valence electrons. The van der Waals surface area contributed by atoms with Crippen molar-refractivity contribution in [1.82, 2.24) is 10.6 Å². The third kappa shape index (κ3) is 4.81. The molecule has 2 aliphatic rings. The number of oxime groups is 1. The molecule has 0 saturated carbocycles. The number of hydrogen-bond acceptors (Lipinski definition) is 6. The maximum absolute atomic E-state index is 14.4. The second kappa shape index (κ2) is 10.2. The standard InChI is InChI=1S/C22H18Cl3F3N4O3S/c23-13-6-10(7-14(24)17(13)25)21(22(26,27)28)8-15(32-35-21)18-11-2-1-3-12(11)19(36-18)20(34)31-9-16(33)30-5-4-29/h4,6-7,29H,1-3,5,8-9H2,(H,30,33)(H,31,34). The summed E-state index contributed by atoms with van der Waals surface area (Å²) in [5.41, 5.74) is -1.62. The molecule has 2 aromatic rings. The third-order valence-electron chi connectivity index (χ3n) is 5.89. The predicted molar refractivity (Wildman–Crippen MR) is 132 cm³/mol. The first-order chi connectivity index (χ1) is 17.0. The van der Waals surface area contributed by atoms with Crippen molar-refractivity contribution < 1.29 is 27.6 Å². The van der Waals surface area contributed by atoms with Gasteiger partial charge in [-0.05, 0) is 42.5 Å². The molecule has 1 atom stereocenters. The Morgan fingerprint density at radius 1 is 1.17 bits per heavy atom. The summed E-state index contributed by atoms with van der Waals surface area (Å²) in [5, 5.41) is 15.3. The van der Waals surface area contributed by atoms with Gasteiger partial charge in [0.05, 0.1) is 44.3 Å². The molecule has 0 saturated heterocycles. The molecule has 7 nitrogen and oxygen atoms in total. The Balaban J connectivity index is 1.63. The Labute approximate surface area is 222 Å². The molecule has 14 heteroatoms. The Morgan fingerprint density at radius 3 is 2.47 bits per heavy atom. The summed E-state index contributed by atoms with van der Waals surface area (Å²) < 4.78 is 43.2. The van der Waals surface area contributed by atoms with Gasteiger partial charge in [-0.1, -0.05) is 40.0 Å². The summed E-state index contributed by atoms with van der Waals surface area (Å²) in [7, 11) is 0.